The van der Waals surface area contributed by atoms with Gasteiger partial charge >= 0.3 is 5.69 Å². The third-order valence-electron chi connectivity index (χ3n) is 15.8. The Hall–Kier alpha value is -9.37. The van der Waals surface area contributed by atoms with E-state index in [0.717, 1.165) is 0 Å². The predicted molar refractivity (Wildman–Crippen MR) is 393 cm³/mol. The van der Waals surface area contributed by atoms with Gasteiger partial charge in [-0.15, -0.1) is 0 Å². The fraction of sp³-hybridized carbons (Fsp3) is 0.419. The molecule has 3 aliphatic rings. The summed E-state index contributed by atoms with van der Waals surface area (Å²) < 4.78 is 44.2. The second kappa shape index (κ2) is 40.3. The quantitative estimate of drug-likeness (QED) is 0.00978. The summed E-state index contributed by atoms with van der Waals surface area (Å²) in [7, 11) is -1.28. The van der Waals surface area contributed by atoms with E-state index in [4.69, 9.17) is 40.7 Å². The lowest BCUT2D eigenvalue weighted by atomic mass is 10.1. The maximum atomic E-state index is 13.5. The highest BCUT2D eigenvalue weighted by atomic mass is 31.2. The summed E-state index contributed by atoms with van der Waals surface area (Å²) in [5.74, 6) is 11.5. The van der Waals surface area contributed by atoms with Gasteiger partial charge in [0.05, 0.1) is 54.2 Å². The van der Waals surface area contributed by atoms with Gasteiger partial charge in [0.2, 0.25) is 13.1 Å². The Morgan fingerprint density at radius 1 is 0.686 bits per heavy atom. The molecule has 0 spiro atoms. The van der Waals surface area contributed by atoms with Crippen LogP contribution in [0.15, 0.2) is 143 Å². The molecule has 2 saturated heterocycles. The van der Waals surface area contributed by atoms with Gasteiger partial charge in [0.15, 0.2) is 11.7 Å². The van der Waals surface area contributed by atoms with Crippen molar-refractivity contribution in [2.75, 3.05) is 57.1 Å². The van der Waals surface area contributed by atoms with Gasteiger partial charge in [-0.2, -0.15) is 4.98 Å². The van der Waals surface area contributed by atoms with Crippen molar-refractivity contribution in [3.05, 3.63) is 200 Å². The molecule has 0 saturated carbocycles. The van der Waals surface area contributed by atoms with Gasteiger partial charge < -0.3 is 68.7 Å². The van der Waals surface area contributed by atoms with Crippen LogP contribution in [0, 0.1) is 36.8 Å². The molecule has 2 aromatic heterocycles. The molecule has 28 heteroatoms. The molecule has 4 amide bonds. The largest absolute Gasteiger partial charge is 0.373 e. The first-order valence-corrected chi connectivity index (χ1v) is 36.0. The van der Waals surface area contributed by atoms with E-state index in [-0.39, 0.29) is 117 Å². The number of ether oxygens (including phenoxy) is 2. The molecule has 3 aliphatic heterocycles. The zero-order valence-corrected chi connectivity index (χ0v) is 61.2. The Kier molecular flexibility index (Phi) is 31.6. The molecule has 538 valence electrons. The number of carbonyl (C=O) groups is 5. The molecule has 8 atom stereocenters. The number of amides is 4. The van der Waals surface area contributed by atoms with Crippen LogP contribution in [0.3, 0.4) is 0 Å². The van der Waals surface area contributed by atoms with Crippen LogP contribution in [-0.4, -0.2) is 166 Å². The molecule has 5 heterocycles. The predicted octanol–water partition coefficient (Wildman–Crippen LogP) is 11.0. The van der Waals surface area contributed by atoms with Gasteiger partial charge in [-0.25, -0.2) is 37.3 Å². The molecule has 0 aliphatic carbocycles. The second-order valence-electron chi connectivity index (χ2n) is 24.4. The average molecular weight is 1430 g/mol. The summed E-state index contributed by atoms with van der Waals surface area (Å²) >= 11 is 0. The molecule has 5 aromatic rings. The van der Waals surface area contributed by atoms with Crippen LogP contribution < -0.4 is 32.3 Å². The summed E-state index contributed by atoms with van der Waals surface area (Å²) in [6, 6.07) is 27.5. The summed E-state index contributed by atoms with van der Waals surface area (Å²) in [5.41, 5.74) is 2.07. The first-order valence-electron chi connectivity index (χ1n) is 33.7. The summed E-state index contributed by atoms with van der Waals surface area (Å²) in [6.45, 7) is 40.1. The number of anilines is 2. The number of nitrogens with one attached hydrogen (secondary N) is 5. The van der Waals surface area contributed by atoms with E-state index in [0.29, 0.717) is 77.0 Å². The fourth-order valence-corrected chi connectivity index (χ4v) is 14.5. The first kappa shape index (κ1) is 79.9. The van der Waals surface area contributed by atoms with Crippen LogP contribution in [-0.2, 0) is 27.6 Å². The number of rotatable bonds is 29. The summed E-state index contributed by atoms with van der Waals surface area (Å²) in [4.78, 5) is 97.6. The van der Waals surface area contributed by atoms with Gasteiger partial charge in [-0.1, -0.05) is 92.6 Å². The van der Waals surface area contributed by atoms with E-state index in [1.165, 1.54) is 17.0 Å². The number of aliphatic imine (C=N–C) groups is 1. The number of amidine groups is 1. The molecule has 8 rings (SSSR count). The van der Waals surface area contributed by atoms with E-state index < -0.39 is 47.2 Å². The highest BCUT2D eigenvalue weighted by molar-refractivity contribution is 7.44. The maximum Gasteiger partial charge on any atom is 0.351 e. The lowest BCUT2D eigenvalue weighted by Gasteiger charge is -2.37. The third-order valence-corrected chi connectivity index (χ3v) is 20.1. The van der Waals surface area contributed by atoms with Crippen molar-refractivity contribution < 1.29 is 51.5 Å². The molecule has 8 unspecified atom stereocenters. The minimum absolute atomic E-state index is 0.0134. The van der Waals surface area contributed by atoms with Crippen molar-refractivity contribution in [3.8, 4) is 23.7 Å². The van der Waals surface area contributed by atoms with Crippen molar-refractivity contribution in [2.24, 2.45) is 4.99 Å². The Morgan fingerprint density at radius 3 is 1.67 bits per heavy atom. The van der Waals surface area contributed by atoms with E-state index in [1.54, 1.807) is 109 Å². The van der Waals surface area contributed by atoms with Crippen LogP contribution in [0.4, 0.5) is 11.6 Å². The average Bonchev–Trinajstić information content (AvgIpc) is 1.59. The minimum Gasteiger partial charge on any atom is -0.373 e. The monoisotopic (exact) mass is 1430 g/mol. The van der Waals surface area contributed by atoms with Crippen LogP contribution in [0.5, 0.6) is 0 Å². The van der Waals surface area contributed by atoms with Crippen molar-refractivity contribution in [1.29, 1.82) is 0 Å². The third kappa shape index (κ3) is 22.8. The highest BCUT2D eigenvalue weighted by Gasteiger charge is 2.44. The normalized spacial score (nSPS) is 18.3. The summed E-state index contributed by atoms with van der Waals surface area (Å²) in [5, 5.41) is 14.0. The first-order chi connectivity index (χ1) is 49.1. The fourth-order valence-electron chi connectivity index (χ4n) is 11.0. The van der Waals surface area contributed by atoms with E-state index >= 15 is 0 Å². The number of pyridine rings is 1. The van der Waals surface area contributed by atoms with E-state index in [9.17, 15) is 28.8 Å². The Morgan fingerprint density at radius 2 is 1.18 bits per heavy atom. The second-order valence-corrected chi connectivity index (χ2v) is 27.2. The van der Waals surface area contributed by atoms with Crippen LogP contribution >= 0.6 is 17.1 Å². The lowest BCUT2D eigenvalue weighted by Crippen LogP contribution is -2.38. The number of aldehydes is 1. The number of hydrogen-bond acceptors (Lipinski definition) is 19. The van der Waals surface area contributed by atoms with Crippen LogP contribution in [0.25, 0.3) is 9.69 Å². The van der Waals surface area contributed by atoms with Gasteiger partial charge in [-0.05, 0) is 117 Å². The Balaban J connectivity index is 0.000000286. The number of hydrogen-bond donors (Lipinski definition) is 5. The lowest BCUT2D eigenvalue weighted by molar-refractivity contribution is -0.0343. The van der Waals surface area contributed by atoms with Crippen molar-refractivity contribution >= 4 is 64.4 Å². The van der Waals surface area contributed by atoms with E-state index in [1.807, 2.05) is 19.9 Å². The molecule has 102 heavy (non-hydrogen) atoms. The molecule has 2 fully saturated rings. The standard InChI is InChI=1S/C38H45N6O6P.C36H45N8O6P/c1-8-33-34(50-51(48-22-21-39-7)44(26(2)3)27(4)5)23-35(49-33)43-24-32(15-12-20-40-37(46)31-18-16-29(25-45)17-19-31)36(41-28(43)6)42-38(47)30-13-10-9-11-14-30;1-8-29-30(50-51(48-20-19-37-6)44(24(2)3)25(4)5)21-32(49-29)43-23-28(15-12-18-39-34(45)27-16-17-31(38-7)40-22-27)33(42-36(43)47)41-35(46)26-13-10-9-11-14-26/h9-11,13-14,16-19,24-27,33-35H,6,8,20-23H2,1-5H3,(H,40,46)(H,41,42,47);9-11,13-14,16-17,22-25,29-30,32H,8,18-21H2,1-5,7H3,(H,38,40)(H,39,45)(H,41,42,46,47). The Bertz CT molecular complexity index is 3990. The van der Waals surface area contributed by atoms with Gasteiger partial charge in [-0.3, -0.25) is 28.5 Å². The molecule has 3 aromatic carbocycles. The SMILES string of the molecule is [C-]#[N+]CCOP(OC1CC(N2C=C(C#CCNC(=O)c3ccc(C=O)cc3)C(NC(=O)c3ccccc3)=NC2=C)OC1CC)N(C(C)C)C(C)C.[C-]#[N+]CCOP(OC1CC(n2cc(C#CCNC(=O)c3ccc(NC)nc3)c(NC(=O)c3ccccc3)nc2=O)OC1CC)N(C(C)C)C(C)C. The smallest absolute Gasteiger partial charge is 0.351 e. The molecule has 26 nitrogen and oxygen atoms in total. The zero-order chi connectivity index (χ0) is 73.8. The van der Waals surface area contributed by atoms with Crippen molar-refractivity contribution in [3.63, 3.8) is 0 Å². The summed E-state index contributed by atoms with van der Waals surface area (Å²) in [6.07, 6.45) is 4.96. The Labute approximate surface area is 600 Å². The molecular formula is C74H90N14O12P2. The van der Waals surface area contributed by atoms with Crippen LogP contribution in [0.1, 0.15) is 159 Å². The van der Waals surface area contributed by atoms with Crippen LogP contribution in [0.2, 0.25) is 0 Å². The van der Waals surface area contributed by atoms with Gasteiger partial charge in [0.1, 0.15) is 43.6 Å². The van der Waals surface area contributed by atoms with Gasteiger partial charge in [0, 0.05) is 84.9 Å². The van der Waals surface area contributed by atoms with Gasteiger partial charge in [0.25, 0.3) is 40.7 Å². The number of nitrogens with zero attached hydrogens (tertiary/aromatic N) is 9. The van der Waals surface area contributed by atoms with Crippen molar-refractivity contribution in [2.45, 2.75) is 156 Å². The highest BCUT2D eigenvalue weighted by Crippen LogP contribution is 2.51. The minimum atomic E-state index is -1.54. The maximum absolute atomic E-state index is 13.5. The van der Waals surface area contributed by atoms with E-state index in [2.05, 4.69) is 146 Å². The molecule has 5 N–H and O–H groups in total. The topological polar surface area (TPSA) is 279 Å². The molecule has 0 radical (unpaired) electrons. The van der Waals surface area contributed by atoms with Crippen molar-refractivity contribution in [1.82, 2.24) is 44.7 Å². The number of benzene rings is 3. The number of aromatic nitrogens is 3. The number of carbonyl (C=O) groups excluding carboxylic acids is 5. The zero-order valence-electron chi connectivity index (χ0n) is 59.4. The molecular weight excluding hydrogens is 1340 g/mol. The molecule has 0 bridgehead atoms.